The molecule has 0 spiro atoms. The highest BCUT2D eigenvalue weighted by Crippen LogP contribution is 2.28. The Morgan fingerprint density at radius 1 is 1.00 bits per heavy atom. The zero-order valence-corrected chi connectivity index (χ0v) is 17.6. The van der Waals surface area contributed by atoms with Crippen LogP contribution in [-0.2, 0) is 13.0 Å². The zero-order valence-electron chi connectivity index (χ0n) is 17.6. The van der Waals surface area contributed by atoms with E-state index in [-0.39, 0.29) is 0 Å². The van der Waals surface area contributed by atoms with Crippen LogP contribution in [0.5, 0.6) is 0 Å². The molecule has 0 radical (unpaired) electrons. The van der Waals surface area contributed by atoms with Crippen LogP contribution in [0.15, 0.2) is 72.4 Å². The molecule has 0 N–H and O–H groups in total. The van der Waals surface area contributed by atoms with E-state index in [1.54, 1.807) is 0 Å². The quantitative estimate of drug-likeness (QED) is 0.338. The highest BCUT2D eigenvalue weighted by molar-refractivity contribution is 6.06. The van der Waals surface area contributed by atoms with Gasteiger partial charge in [-0.3, -0.25) is 0 Å². The summed E-state index contributed by atoms with van der Waals surface area (Å²) in [4.78, 5) is 9.75. The minimum Gasteiger partial charge on any atom is -0.321 e. The molecule has 2 aromatic heterocycles. The number of rotatable bonds is 7. The molecular formula is C26H29N3. The lowest BCUT2D eigenvalue weighted by atomic mass is 10.0. The fraction of sp³-hybridized carbons (Fsp3) is 0.308. The summed E-state index contributed by atoms with van der Waals surface area (Å²) in [7, 11) is 0. The standard InChI is InChI=1S/C26H29N3/c1-19(2)10-9-11-20(3)16-25-27-17-23-22-14-7-8-15-24(22)29(26(23)28-25)18-21-12-5-4-6-13-21/h4-8,10,12-15,17,20H,9,11,16,18H2,1-3H3/t20-/m0/s1. The second-order valence-electron chi connectivity index (χ2n) is 8.28. The van der Waals surface area contributed by atoms with Crippen LogP contribution >= 0.6 is 0 Å². The van der Waals surface area contributed by atoms with E-state index in [9.17, 15) is 0 Å². The number of allylic oxidation sites excluding steroid dienone is 2. The lowest BCUT2D eigenvalue weighted by Crippen LogP contribution is -2.06. The Hall–Kier alpha value is -2.94. The Morgan fingerprint density at radius 3 is 2.55 bits per heavy atom. The van der Waals surface area contributed by atoms with Gasteiger partial charge in [0.1, 0.15) is 11.5 Å². The first-order valence-corrected chi connectivity index (χ1v) is 10.5. The van der Waals surface area contributed by atoms with Crippen molar-refractivity contribution in [2.45, 2.75) is 46.6 Å². The van der Waals surface area contributed by atoms with Gasteiger partial charge in [0.2, 0.25) is 0 Å². The van der Waals surface area contributed by atoms with E-state index in [4.69, 9.17) is 9.97 Å². The molecule has 1 atom stereocenters. The Kier molecular flexibility index (Phi) is 5.75. The molecule has 2 aromatic carbocycles. The van der Waals surface area contributed by atoms with E-state index in [0.717, 1.165) is 36.2 Å². The molecule has 0 amide bonds. The monoisotopic (exact) mass is 383 g/mol. The van der Waals surface area contributed by atoms with E-state index in [1.165, 1.54) is 28.5 Å². The van der Waals surface area contributed by atoms with E-state index < -0.39 is 0 Å². The SMILES string of the molecule is CC(C)=CCC[C@H](C)Cc1ncc2c3ccccc3n(Cc3ccccc3)c2n1. The first-order chi connectivity index (χ1) is 14.1. The fourth-order valence-electron chi connectivity index (χ4n) is 3.95. The molecular weight excluding hydrogens is 354 g/mol. The van der Waals surface area contributed by atoms with Gasteiger partial charge in [-0.05, 0) is 44.2 Å². The van der Waals surface area contributed by atoms with Gasteiger partial charge in [-0.15, -0.1) is 0 Å². The molecule has 148 valence electrons. The Balaban J connectivity index is 1.68. The van der Waals surface area contributed by atoms with Crippen molar-refractivity contribution in [1.29, 1.82) is 0 Å². The highest BCUT2D eigenvalue weighted by Gasteiger charge is 2.14. The molecule has 0 bridgehead atoms. The lowest BCUT2D eigenvalue weighted by Gasteiger charge is -2.10. The summed E-state index contributed by atoms with van der Waals surface area (Å²) >= 11 is 0. The van der Waals surface area contributed by atoms with Gasteiger partial charge >= 0.3 is 0 Å². The van der Waals surface area contributed by atoms with Crippen LogP contribution in [0.4, 0.5) is 0 Å². The van der Waals surface area contributed by atoms with E-state index in [2.05, 4.69) is 86.0 Å². The molecule has 0 saturated carbocycles. The molecule has 4 rings (SSSR count). The summed E-state index contributed by atoms with van der Waals surface area (Å²) in [5.41, 5.74) is 4.93. The predicted molar refractivity (Wildman–Crippen MR) is 122 cm³/mol. The third-order valence-electron chi connectivity index (χ3n) is 5.49. The van der Waals surface area contributed by atoms with Crippen LogP contribution in [0.25, 0.3) is 21.9 Å². The van der Waals surface area contributed by atoms with E-state index in [1.807, 2.05) is 6.20 Å². The minimum absolute atomic E-state index is 0.565. The summed E-state index contributed by atoms with van der Waals surface area (Å²) in [5.74, 6) is 1.51. The van der Waals surface area contributed by atoms with Gasteiger partial charge < -0.3 is 4.57 Å². The average molecular weight is 384 g/mol. The number of aromatic nitrogens is 3. The summed E-state index contributed by atoms with van der Waals surface area (Å²) in [6.45, 7) is 7.43. The van der Waals surface area contributed by atoms with Crippen LogP contribution in [-0.4, -0.2) is 14.5 Å². The number of hydrogen-bond donors (Lipinski definition) is 0. The molecule has 0 aliphatic heterocycles. The summed E-state index contributed by atoms with van der Waals surface area (Å²) in [6, 6.07) is 19.1. The molecule has 3 heteroatoms. The maximum absolute atomic E-state index is 5.03. The van der Waals surface area contributed by atoms with E-state index in [0.29, 0.717) is 5.92 Å². The largest absolute Gasteiger partial charge is 0.321 e. The van der Waals surface area contributed by atoms with Crippen LogP contribution in [0.3, 0.4) is 0 Å². The van der Waals surface area contributed by atoms with Crippen LogP contribution in [0.1, 0.15) is 45.0 Å². The third-order valence-corrected chi connectivity index (χ3v) is 5.49. The van der Waals surface area contributed by atoms with Crippen molar-refractivity contribution < 1.29 is 0 Å². The van der Waals surface area contributed by atoms with E-state index >= 15 is 0 Å². The highest BCUT2D eigenvalue weighted by atomic mass is 15.1. The Labute approximate surface area is 173 Å². The summed E-state index contributed by atoms with van der Waals surface area (Å²) < 4.78 is 2.33. The second-order valence-corrected chi connectivity index (χ2v) is 8.28. The van der Waals surface area contributed by atoms with Gasteiger partial charge in [0.25, 0.3) is 0 Å². The van der Waals surface area contributed by atoms with Crippen molar-refractivity contribution in [3.05, 3.63) is 83.8 Å². The van der Waals surface area contributed by atoms with Gasteiger partial charge in [0.05, 0.1) is 5.52 Å². The normalized spacial score (nSPS) is 12.4. The molecule has 0 fully saturated rings. The number of benzene rings is 2. The van der Waals surface area contributed by atoms with Crippen LogP contribution in [0, 0.1) is 5.92 Å². The molecule has 0 unspecified atom stereocenters. The summed E-state index contributed by atoms with van der Waals surface area (Å²) in [6.07, 6.45) is 7.54. The first-order valence-electron chi connectivity index (χ1n) is 10.5. The van der Waals surface area contributed by atoms with Gasteiger partial charge in [-0.2, -0.15) is 0 Å². The second kappa shape index (κ2) is 8.60. The molecule has 0 aliphatic carbocycles. The zero-order chi connectivity index (χ0) is 20.2. The predicted octanol–water partition coefficient (Wildman–Crippen LogP) is 6.56. The third kappa shape index (κ3) is 4.40. The maximum Gasteiger partial charge on any atom is 0.145 e. The van der Waals surface area contributed by atoms with Gasteiger partial charge in [-0.25, -0.2) is 9.97 Å². The number of fused-ring (bicyclic) bond motifs is 3. The Morgan fingerprint density at radius 2 is 1.76 bits per heavy atom. The lowest BCUT2D eigenvalue weighted by molar-refractivity contribution is 0.521. The average Bonchev–Trinajstić information content (AvgIpc) is 3.02. The smallest absolute Gasteiger partial charge is 0.145 e. The number of nitrogens with zero attached hydrogens (tertiary/aromatic N) is 3. The molecule has 29 heavy (non-hydrogen) atoms. The minimum atomic E-state index is 0.565. The fourth-order valence-corrected chi connectivity index (χ4v) is 3.95. The molecule has 3 nitrogen and oxygen atoms in total. The topological polar surface area (TPSA) is 30.7 Å². The van der Waals surface area contributed by atoms with Gasteiger partial charge in [0, 0.05) is 29.9 Å². The molecule has 0 aliphatic rings. The van der Waals surface area contributed by atoms with Crippen LogP contribution < -0.4 is 0 Å². The number of hydrogen-bond acceptors (Lipinski definition) is 2. The molecule has 4 aromatic rings. The summed E-state index contributed by atoms with van der Waals surface area (Å²) in [5, 5.41) is 2.36. The van der Waals surface area contributed by atoms with Crippen molar-refractivity contribution in [3.63, 3.8) is 0 Å². The van der Waals surface area contributed by atoms with Crippen LogP contribution in [0.2, 0.25) is 0 Å². The maximum atomic E-state index is 5.03. The first kappa shape index (κ1) is 19.4. The molecule has 2 heterocycles. The molecule has 0 saturated heterocycles. The van der Waals surface area contributed by atoms with Gasteiger partial charge in [0.15, 0.2) is 0 Å². The van der Waals surface area contributed by atoms with Crippen molar-refractivity contribution in [1.82, 2.24) is 14.5 Å². The van der Waals surface area contributed by atoms with Crippen molar-refractivity contribution in [2.75, 3.05) is 0 Å². The number of para-hydroxylation sites is 1. The van der Waals surface area contributed by atoms with Crippen molar-refractivity contribution >= 4 is 21.9 Å². The van der Waals surface area contributed by atoms with Crippen molar-refractivity contribution in [3.8, 4) is 0 Å². The van der Waals surface area contributed by atoms with Gasteiger partial charge in [-0.1, -0.05) is 67.1 Å². The van der Waals surface area contributed by atoms with Crippen molar-refractivity contribution in [2.24, 2.45) is 5.92 Å². The Bertz CT molecular complexity index is 1130.